The van der Waals surface area contributed by atoms with Gasteiger partial charge in [-0.2, -0.15) is 18.3 Å². The summed E-state index contributed by atoms with van der Waals surface area (Å²) in [6, 6.07) is 2.81. The fourth-order valence-corrected chi connectivity index (χ4v) is 4.03. The normalized spacial score (nSPS) is 16.2. The zero-order valence-electron chi connectivity index (χ0n) is 19.8. The first-order valence-electron chi connectivity index (χ1n) is 11.0. The van der Waals surface area contributed by atoms with Gasteiger partial charge in [0.05, 0.1) is 21.8 Å². The second-order valence-corrected chi connectivity index (χ2v) is 10.9. The number of rotatable bonds is 3. The van der Waals surface area contributed by atoms with Crippen molar-refractivity contribution < 1.29 is 18.0 Å². The van der Waals surface area contributed by atoms with Crippen LogP contribution in [-0.4, -0.2) is 33.8 Å². The molecular formula is C23H31ClF3N5O. The molecule has 0 spiro atoms. The molecule has 1 aliphatic heterocycles. The Morgan fingerprint density at radius 3 is 2.18 bits per heavy atom. The Labute approximate surface area is 197 Å². The molecule has 1 aliphatic rings. The topological polar surface area (TPSA) is 63.1 Å². The summed E-state index contributed by atoms with van der Waals surface area (Å²) in [6.07, 6.45) is -2.62. The lowest BCUT2D eigenvalue weighted by Crippen LogP contribution is -2.39. The van der Waals surface area contributed by atoms with E-state index in [-0.39, 0.29) is 27.8 Å². The van der Waals surface area contributed by atoms with E-state index in [1.54, 1.807) is 0 Å². The Balaban J connectivity index is 1.69. The van der Waals surface area contributed by atoms with E-state index in [0.717, 1.165) is 18.0 Å². The van der Waals surface area contributed by atoms with Crippen LogP contribution in [-0.2, 0) is 21.9 Å². The molecule has 0 unspecified atom stereocenters. The van der Waals surface area contributed by atoms with Crippen LogP contribution in [0, 0.1) is 5.92 Å². The van der Waals surface area contributed by atoms with Gasteiger partial charge in [-0.25, -0.2) is 9.67 Å². The number of carbonyl (C=O) groups is 1. The number of carbonyl (C=O) groups excluding carboxylic acids is 1. The molecule has 6 nitrogen and oxygen atoms in total. The van der Waals surface area contributed by atoms with E-state index in [1.807, 2.05) is 36.4 Å². The molecule has 0 atom stereocenters. The fourth-order valence-electron chi connectivity index (χ4n) is 3.75. The second kappa shape index (κ2) is 8.81. The lowest BCUT2D eigenvalue weighted by molar-refractivity contribution is -0.137. The second-order valence-electron chi connectivity index (χ2n) is 10.5. The molecule has 1 amide bonds. The zero-order valence-corrected chi connectivity index (χ0v) is 20.6. The van der Waals surface area contributed by atoms with Gasteiger partial charge in [0.15, 0.2) is 0 Å². The molecule has 10 heteroatoms. The summed E-state index contributed by atoms with van der Waals surface area (Å²) >= 11 is 6.08. The molecule has 33 heavy (non-hydrogen) atoms. The van der Waals surface area contributed by atoms with Crippen LogP contribution in [0.5, 0.6) is 0 Å². The quantitative estimate of drug-likeness (QED) is 0.591. The van der Waals surface area contributed by atoms with Gasteiger partial charge >= 0.3 is 6.18 Å². The minimum absolute atomic E-state index is 0.0449. The standard InChI is InChI=1S/C23H31ClF3N5O/c1-21(2,3)17-12-18(32(30-17)22(4,5)6)29-20(33)14-7-9-31(10-8-14)19-16(24)11-15(13-28-19)23(25,26)27/h11-14H,7-10H2,1-6H3,(H,29,33). The average Bonchev–Trinajstić information content (AvgIpc) is 3.12. The fraction of sp³-hybridized carbons (Fsp3) is 0.609. The number of alkyl halides is 3. The number of anilines is 2. The number of amides is 1. The summed E-state index contributed by atoms with van der Waals surface area (Å²) in [5.74, 6) is 0.652. The SMILES string of the molecule is CC(C)(C)c1cc(NC(=O)C2CCN(c3ncc(C(F)(F)F)cc3Cl)CC2)n(C(C)(C)C)n1. The summed E-state index contributed by atoms with van der Waals surface area (Å²) in [7, 11) is 0. The molecule has 2 aromatic rings. The van der Waals surface area contributed by atoms with Gasteiger partial charge in [0, 0.05) is 36.7 Å². The molecule has 0 radical (unpaired) electrons. The predicted molar refractivity (Wildman–Crippen MR) is 124 cm³/mol. The van der Waals surface area contributed by atoms with E-state index in [9.17, 15) is 18.0 Å². The lowest BCUT2D eigenvalue weighted by atomic mass is 9.92. The first kappa shape index (κ1) is 25.3. The summed E-state index contributed by atoms with van der Waals surface area (Å²) in [4.78, 5) is 18.8. The molecule has 1 saturated heterocycles. The minimum Gasteiger partial charge on any atom is -0.355 e. The van der Waals surface area contributed by atoms with Crippen LogP contribution < -0.4 is 10.2 Å². The molecule has 2 aromatic heterocycles. The van der Waals surface area contributed by atoms with Gasteiger partial charge in [-0.3, -0.25) is 4.79 Å². The molecule has 3 rings (SSSR count). The van der Waals surface area contributed by atoms with E-state index in [2.05, 4.69) is 31.1 Å². The summed E-state index contributed by atoms with van der Waals surface area (Å²) in [5.41, 5.74) is -0.448. The van der Waals surface area contributed by atoms with E-state index in [4.69, 9.17) is 16.7 Å². The Morgan fingerprint density at radius 2 is 1.70 bits per heavy atom. The van der Waals surface area contributed by atoms with Crippen molar-refractivity contribution in [2.45, 2.75) is 71.5 Å². The van der Waals surface area contributed by atoms with Crippen LogP contribution in [0.25, 0.3) is 0 Å². The molecule has 1 N–H and O–H groups in total. The van der Waals surface area contributed by atoms with Crippen LogP contribution >= 0.6 is 11.6 Å². The van der Waals surface area contributed by atoms with Crippen molar-refractivity contribution in [2.24, 2.45) is 5.92 Å². The molecule has 0 aliphatic carbocycles. The monoisotopic (exact) mass is 485 g/mol. The number of hydrogen-bond acceptors (Lipinski definition) is 4. The van der Waals surface area contributed by atoms with Crippen molar-refractivity contribution in [3.05, 3.63) is 34.6 Å². The van der Waals surface area contributed by atoms with Crippen LogP contribution in [0.2, 0.25) is 5.02 Å². The molecule has 0 aromatic carbocycles. The molecule has 182 valence electrons. The van der Waals surface area contributed by atoms with Gasteiger partial charge in [-0.05, 0) is 39.7 Å². The predicted octanol–water partition coefficient (Wildman–Crippen LogP) is 5.86. The van der Waals surface area contributed by atoms with Crippen molar-refractivity contribution in [1.29, 1.82) is 0 Å². The van der Waals surface area contributed by atoms with Crippen LogP contribution in [0.1, 0.15) is 65.6 Å². The molecule has 1 fully saturated rings. The van der Waals surface area contributed by atoms with Gasteiger partial charge < -0.3 is 10.2 Å². The van der Waals surface area contributed by atoms with E-state index in [0.29, 0.717) is 37.6 Å². The minimum atomic E-state index is -4.49. The lowest BCUT2D eigenvalue weighted by Gasteiger charge is -2.33. The van der Waals surface area contributed by atoms with Gasteiger partial charge in [-0.1, -0.05) is 32.4 Å². The van der Waals surface area contributed by atoms with Gasteiger partial charge in [0.25, 0.3) is 0 Å². The average molecular weight is 486 g/mol. The maximum atomic E-state index is 13.0. The highest BCUT2D eigenvalue weighted by molar-refractivity contribution is 6.33. The molecule has 0 saturated carbocycles. The van der Waals surface area contributed by atoms with E-state index in [1.165, 1.54) is 0 Å². The number of piperidine rings is 1. The van der Waals surface area contributed by atoms with Crippen molar-refractivity contribution in [3.8, 4) is 0 Å². The van der Waals surface area contributed by atoms with Crippen LogP contribution in [0.15, 0.2) is 18.3 Å². The number of nitrogens with zero attached hydrogens (tertiary/aromatic N) is 4. The van der Waals surface area contributed by atoms with Crippen LogP contribution in [0.3, 0.4) is 0 Å². The molecular weight excluding hydrogens is 455 g/mol. The highest BCUT2D eigenvalue weighted by Crippen LogP contribution is 2.35. The number of hydrogen-bond donors (Lipinski definition) is 1. The van der Waals surface area contributed by atoms with Gasteiger partial charge in [-0.15, -0.1) is 0 Å². The summed E-state index contributed by atoms with van der Waals surface area (Å²) in [5, 5.41) is 7.73. The molecule has 3 heterocycles. The van der Waals surface area contributed by atoms with E-state index < -0.39 is 11.7 Å². The Bertz CT molecular complexity index is 1010. The van der Waals surface area contributed by atoms with Crippen molar-refractivity contribution in [1.82, 2.24) is 14.8 Å². The largest absolute Gasteiger partial charge is 0.417 e. The third-order valence-corrected chi connectivity index (χ3v) is 5.96. The first-order chi connectivity index (χ1) is 15.1. The smallest absolute Gasteiger partial charge is 0.355 e. The van der Waals surface area contributed by atoms with E-state index >= 15 is 0 Å². The highest BCUT2D eigenvalue weighted by Gasteiger charge is 2.33. The Kier molecular flexibility index (Phi) is 6.77. The highest BCUT2D eigenvalue weighted by atomic mass is 35.5. The summed E-state index contributed by atoms with van der Waals surface area (Å²) in [6.45, 7) is 13.3. The number of halogens is 4. The maximum Gasteiger partial charge on any atom is 0.417 e. The zero-order chi connectivity index (χ0) is 24.8. The van der Waals surface area contributed by atoms with Gasteiger partial charge in [0.2, 0.25) is 5.91 Å². The third kappa shape index (κ3) is 5.80. The maximum absolute atomic E-state index is 13.0. The Morgan fingerprint density at radius 1 is 1.09 bits per heavy atom. The number of aromatic nitrogens is 3. The number of pyridine rings is 1. The summed E-state index contributed by atoms with van der Waals surface area (Å²) < 4.78 is 40.4. The molecule has 0 bridgehead atoms. The third-order valence-electron chi connectivity index (χ3n) is 5.68. The van der Waals surface area contributed by atoms with Crippen LogP contribution in [0.4, 0.5) is 24.8 Å². The Hall–Kier alpha value is -2.29. The number of nitrogens with one attached hydrogen (secondary N) is 1. The van der Waals surface area contributed by atoms with Crippen molar-refractivity contribution in [3.63, 3.8) is 0 Å². The van der Waals surface area contributed by atoms with Gasteiger partial charge in [0.1, 0.15) is 11.6 Å². The first-order valence-corrected chi connectivity index (χ1v) is 11.3. The van der Waals surface area contributed by atoms with Crippen molar-refractivity contribution >= 4 is 29.1 Å². The van der Waals surface area contributed by atoms with Crippen molar-refractivity contribution in [2.75, 3.05) is 23.3 Å².